The Morgan fingerprint density at radius 3 is 2.48 bits per heavy atom. The van der Waals surface area contributed by atoms with Gasteiger partial charge in [0.25, 0.3) is 0 Å². The first-order valence-electron chi connectivity index (χ1n) is 9.09. The molecular weight excluding hydrogens is 286 g/mol. The molecule has 130 valence electrons. The van der Waals surface area contributed by atoms with Crippen LogP contribution in [0, 0.1) is 0 Å². The molecule has 1 heterocycles. The van der Waals surface area contributed by atoms with Crippen LogP contribution in [-0.2, 0) is 5.41 Å². The van der Waals surface area contributed by atoms with Gasteiger partial charge in [0.2, 0.25) is 0 Å². The van der Waals surface area contributed by atoms with Gasteiger partial charge in [0.15, 0.2) is 0 Å². The van der Waals surface area contributed by atoms with Gasteiger partial charge in [-0.15, -0.1) is 0 Å². The van der Waals surface area contributed by atoms with E-state index in [2.05, 4.69) is 50.8 Å². The second kappa shape index (κ2) is 8.16. The van der Waals surface area contributed by atoms with Gasteiger partial charge >= 0.3 is 0 Å². The Morgan fingerprint density at radius 1 is 1.22 bits per heavy atom. The van der Waals surface area contributed by atoms with Crippen molar-refractivity contribution in [3.05, 3.63) is 29.3 Å². The van der Waals surface area contributed by atoms with Crippen LogP contribution in [0.2, 0.25) is 0 Å². The molecule has 0 aromatic heterocycles. The lowest BCUT2D eigenvalue weighted by Crippen LogP contribution is -2.27. The zero-order valence-electron chi connectivity index (χ0n) is 15.3. The van der Waals surface area contributed by atoms with Gasteiger partial charge in [-0.1, -0.05) is 33.8 Å². The molecule has 0 radical (unpaired) electrons. The Hall–Kier alpha value is -1.06. The van der Waals surface area contributed by atoms with Crippen molar-refractivity contribution in [3.63, 3.8) is 0 Å². The predicted octanol–water partition coefficient (Wildman–Crippen LogP) is 4.29. The van der Waals surface area contributed by atoms with Crippen LogP contribution in [0.1, 0.15) is 70.5 Å². The highest BCUT2D eigenvalue weighted by molar-refractivity contribution is 5.42. The molecule has 1 fully saturated rings. The normalized spacial score (nSPS) is 17.4. The number of aliphatic hydroxyl groups is 1. The number of likely N-dealkylation sites (tertiary alicyclic amines) is 1. The highest BCUT2D eigenvalue weighted by atomic mass is 16.5. The number of nitrogens with zero attached hydrogens (tertiary/aromatic N) is 1. The Morgan fingerprint density at radius 2 is 1.91 bits per heavy atom. The SMILES string of the molecule is CCCOc1ccc(C(CCO)N2CCCC2)cc1C(C)(C)C. The summed E-state index contributed by atoms with van der Waals surface area (Å²) >= 11 is 0. The van der Waals surface area contributed by atoms with E-state index in [-0.39, 0.29) is 12.0 Å². The molecule has 0 aliphatic carbocycles. The van der Waals surface area contributed by atoms with Gasteiger partial charge in [0, 0.05) is 12.6 Å². The van der Waals surface area contributed by atoms with E-state index in [1.807, 2.05) is 0 Å². The summed E-state index contributed by atoms with van der Waals surface area (Å²) in [4.78, 5) is 2.52. The number of aliphatic hydroxyl groups excluding tert-OH is 1. The summed E-state index contributed by atoms with van der Waals surface area (Å²) in [5.74, 6) is 1.01. The minimum atomic E-state index is 0.0495. The van der Waals surface area contributed by atoms with Crippen LogP contribution in [0.3, 0.4) is 0 Å². The van der Waals surface area contributed by atoms with Crippen LogP contribution in [0.15, 0.2) is 18.2 Å². The van der Waals surface area contributed by atoms with Gasteiger partial charge in [-0.2, -0.15) is 0 Å². The quantitative estimate of drug-likeness (QED) is 0.813. The number of rotatable bonds is 7. The molecule has 1 aliphatic heterocycles. The maximum Gasteiger partial charge on any atom is 0.123 e. The number of ether oxygens (including phenoxy) is 1. The third-order valence-corrected chi connectivity index (χ3v) is 4.64. The van der Waals surface area contributed by atoms with Crippen LogP contribution < -0.4 is 4.74 Å². The fourth-order valence-corrected chi connectivity index (χ4v) is 3.41. The molecule has 23 heavy (non-hydrogen) atoms. The minimum absolute atomic E-state index is 0.0495. The van der Waals surface area contributed by atoms with Crippen molar-refractivity contribution in [1.82, 2.24) is 4.90 Å². The van der Waals surface area contributed by atoms with Crippen molar-refractivity contribution in [1.29, 1.82) is 0 Å². The smallest absolute Gasteiger partial charge is 0.123 e. The topological polar surface area (TPSA) is 32.7 Å². The Balaban J connectivity index is 2.33. The second-order valence-electron chi connectivity index (χ2n) is 7.63. The first-order chi connectivity index (χ1) is 11.0. The molecule has 1 aliphatic rings. The van der Waals surface area contributed by atoms with Gasteiger partial charge < -0.3 is 9.84 Å². The zero-order chi connectivity index (χ0) is 16.9. The summed E-state index contributed by atoms with van der Waals surface area (Å²) in [6, 6.07) is 6.96. The third-order valence-electron chi connectivity index (χ3n) is 4.64. The lowest BCUT2D eigenvalue weighted by Gasteiger charge is -2.30. The molecule has 0 saturated carbocycles. The maximum atomic E-state index is 9.51. The number of hydrogen-bond donors (Lipinski definition) is 1. The third kappa shape index (κ3) is 4.71. The monoisotopic (exact) mass is 319 g/mol. The molecule has 1 N–H and O–H groups in total. The van der Waals surface area contributed by atoms with E-state index in [1.54, 1.807) is 0 Å². The lowest BCUT2D eigenvalue weighted by atomic mass is 9.84. The minimum Gasteiger partial charge on any atom is -0.493 e. The van der Waals surface area contributed by atoms with E-state index in [0.29, 0.717) is 6.04 Å². The molecule has 1 saturated heterocycles. The second-order valence-corrected chi connectivity index (χ2v) is 7.63. The fourth-order valence-electron chi connectivity index (χ4n) is 3.41. The largest absolute Gasteiger partial charge is 0.493 e. The standard InChI is InChI=1S/C20H33NO2/c1-5-14-23-19-9-8-16(15-17(19)20(2,3)4)18(10-13-22)21-11-6-7-12-21/h8-9,15,18,22H,5-7,10-14H2,1-4H3. The van der Waals surface area contributed by atoms with Crippen molar-refractivity contribution in [2.75, 3.05) is 26.3 Å². The number of hydrogen-bond acceptors (Lipinski definition) is 3. The summed E-state index contributed by atoms with van der Waals surface area (Å²) in [7, 11) is 0. The van der Waals surface area contributed by atoms with E-state index >= 15 is 0 Å². The average molecular weight is 319 g/mol. The van der Waals surface area contributed by atoms with Crippen molar-refractivity contribution < 1.29 is 9.84 Å². The van der Waals surface area contributed by atoms with Crippen LogP contribution in [-0.4, -0.2) is 36.3 Å². The van der Waals surface area contributed by atoms with Gasteiger partial charge in [-0.3, -0.25) is 4.90 Å². The molecule has 1 aromatic rings. The van der Waals surface area contributed by atoms with E-state index in [9.17, 15) is 5.11 Å². The highest BCUT2D eigenvalue weighted by Gasteiger charge is 2.26. The van der Waals surface area contributed by atoms with E-state index in [4.69, 9.17) is 4.74 Å². The van der Waals surface area contributed by atoms with Crippen molar-refractivity contribution in [2.45, 2.75) is 64.8 Å². The summed E-state index contributed by atoms with van der Waals surface area (Å²) in [5.41, 5.74) is 2.63. The molecule has 2 rings (SSSR count). The Labute approximate surface area is 141 Å². The summed E-state index contributed by atoms with van der Waals surface area (Å²) in [6.45, 7) is 12.1. The van der Waals surface area contributed by atoms with Crippen molar-refractivity contribution >= 4 is 0 Å². The van der Waals surface area contributed by atoms with Gasteiger partial charge in [0.1, 0.15) is 5.75 Å². The first kappa shape index (κ1) is 18.3. The summed E-state index contributed by atoms with van der Waals surface area (Å²) in [6.07, 6.45) is 4.36. The van der Waals surface area contributed by atoms with Gasteiger partial charge in [0.05, 0.1) is 6.61 Å². The summed E-state index contributed by atoms with van der Waals surface area (Å²) in [5, 5.41) is 9.51. The van der Waals surface area contributed by atoms with Crippen LogP contribution in [0.4, 0.5) is 0 Å². The Bertz CT molecular complexity index is 487. The molecule has 0 spiro atoms. The molecule has 1 unspecified atom stereocenters. The molecule has 1 atom stereocenters. The van der Waals surface area contributed by atoms with Crippen molar-refractivity contribution in [2.24, 2.45) is 0 Å². The molecule has 0 amide bonds. The highest BCUT2D eigenvalue weighted by Crippen LogP contribution is 2.36. The van der Waals surface area contributed by atoms with E-state index in [1.165, 1.54) is 24.0 Å². The lowest BCUT2D eigenvalue weighted by molar-refractivity contribution is 0.185. The summed E-state index contributed by atoms with van der Waals surface area (Å²) < 4.78 is 5.97. The zero-order valence-corrected chi connectivity index (χ0v) is 15.3. The van der Waals surface area contributed by atoms with Gasteiger partial charge in [-0.05, 0) is 67.4 Å². The molecule has 0 bridgehead atoms. The molecule has 1 aromatic carbocycles. The number of benzene rings is 1. The molecule has 3 heteroatoms. The van der Waals surface area contributed by atoms with Crippen LogP contribution >= 0.6 is 0 Å². The van der Waals surface area contributed by atoms with E-state index < -0.39 is 0 Å². The molecule has 3 nitrogen and oxygen atoms in total. The first-order valence-corrected chi connectivity index (χ1v) is 9.09. The van der Waals surface area contributed by atoms with Crippen LogP contribution in [0.25, 0.3) is 0 Å². The Kier molecular flexibility index (Phi) is 6.49. The molecular formula is C20H33NO2. The maximum absolute atomic E-state index is 9.51. The van der Waals surface area contributed by atoms with E-state index in [0.717, 1.165) is 38.3 Å². The van der Waals surface area contributed by atoms with Crippen molar-refractivity contribution in [3.8, 4) is 5.75 Å². The average Bonchev–Trinajstić information content (AvgIpc) is 3.03. The predicted molar refractivity (Wildman–Crippen MR) is 96.2 cm³/mol. The van der Waals surface area contributed by atoms with Crippen LogP contribution in [0.5, 0.6) is 5.75 Å². The van der Waals surface area contributed by atoms with Gasteiger partial charge in [-0.25, -0.2) is 0 Å². The fraction of sp³-hybridized carbons (Fsp3) is 0.700.